The Labute approximate surface area is 179 Å². The Morgan fingerprint density at radius 1 is 0.852 bits per heavy atom. The van der Waals surface area contributed by atoms with Crippen LogP contribution in [0, 0.1) is 0 Å². The summed E-state index contributed by atoms with van der Waals surface area (Å²) in [6.07, 6.45) is 6.81. The van der Waals surface area contributed by atoms with Crippen LogP contribution in [0.4, 0.5) is 0 Å². The van der Waals surface area contributed by atoms with Gasteiger partial charge in [0.1, 0.15) is 15.1 Å². The maximum Gasteiger partial charge on any atom is 1.00 e. The topological polar surface area (TPSA) is 70.1 Å². The predicted octanol–water partition coefficient (Wildman–Crippen LogP) is -1.54. The molecule has 1 heterocycles. The first-order valence-corrected chi connectivity index (χ1v) is 9.77. The third-order valence-electron chi connectivity index (χ3n) is 5.11. The van der Waals surface area contributed by atoms with E-state index in [2.05, 4.69) is 35.3 Å². The van der Waals surface area contributed by atoms with E-state index in [9.17, 15) is 13.0 Å². The molecule has 4 nitrogen and oxygen atoms in total. The molecule has 0 saturated heterocycles. The Bertz CT molecular complexity index is 1310. The number of pyridine rings is 1. The summed E-state index contributed by atoms with van der Waals surface area (Å²) in [7, 11) is -4.60. The van der Waals surface area contributed by atoms with Crippen LogP contribution in [0.3, 0.4) is 0 Å². The van der Waals surface area contributed by atoms with E-state index in [0.29, 0.717) is 12.0 Å². The van der Waals surface area contributed by atoms with Crippen LogP contribution in [0.1, 0.15) is 33.4 Å². The van der Waals surface area contributed by atoms with Crippen molar-refractivity contribution in [3.8, 4) is 0 Å². The smallest absolute Gasteiger partial charge is 0.743 e. The summed E-state index contributed by atoms with van der Waals surface area (Å²) in [5.74, 6) is 0. The fourth-order valence-corrected chi connectivity index (χ4v) is 4.52. The summed E-state index contributed by atoms with van der Waals surface area (Å²) in [6.45, 7) is 0. The van der Waals surface area contributed by atoms with E-state index in [1.807, 2.05) is 12.1 Å². The number of fused-ring (bicyclic) bond motifs is 4. The molecule has 0 aliphatic heterocycles. The van der Waals surface area contributed by atoms with Gasteiger partial charge in [-0.25, -0.2) is 13.4 Å². The first kappa shape index (κ1) is 18.6. The summed E-state index contributed by atoms with van der Waals surface area (Å²) in [4.78, 5) is 3.82. The molecule has 0 spiro atoms. The minimum absolute atomic E-state index is 0. The molecule has 2 aliphatic rings. The molecule has 0 radical (unpaired) electrons. The van der Waals surface area contributed by atoms with Crippen LogP contribution < -0.4 is 40.0 Å². The van der Waals surface area contributed by atoms with E-state index in [1.54, 1.807) is 12.1 Å². The van der Waals surface area contributed by atoms with Crippen molar-refractivity contribution < 1.29 is 42.5 Å². The molecule has 6 heteroatoms. The molecule has 0 unspecified atom stereocenters. The summed E-state index contributed by atoms with van der Waals surface area (Å²) in [5, 5.41) is 1.78. The predicted molar refractivity (Wildman–Crippen MR) is 97.1 cm³/mol. The average molecular weight is 383 g/mol. The number of hydrogen-bond acceptors (Lipinski definition) is 4. The minimum Gasteiger partial charge on any atom is -0.743 e. The largest absolute Gasteiger partial charge is 1.00 e. The van der Waals surface area contributed by atoms with Gasteiger partial charge in [0.15, 0.2) is 0 Å². The maximum atomic E-state index is 11.5. The zero-order valence-corrected chi connectivity index (χ0v) is 17.6. The van der Waals surface area contributed by atoms with Gasteiger partial charge in [-0.1, -0.05) is 36.4 Å². The van der Waals surface area contributed by atoms with Crippen LogP contribution in [0.25, 0.3) is 12.2 Å². The number of hydrogen-bond donors (Lipinski definition) is 0. The number of rotatable bonds is 1. The normalized spacial score (nSPS) is 13.7. The minimum atomic E-state index is -4.60. The quantitative estimate of drug-likeness (QED) is 0.260. The zero-order valence-electron chi connectivity index (χ0n) is 14.8. The van der Waals surface area contributed by atoms with E-state index < -0.39 is 10.1 Å². The van der Waals surface area contributed by atoms with Crippen molar-refractivity contribution in [2.75, 3.05) is 0 Å². The molecule has 0 fully saturated rings. The first-order valence-electron chi connectivity index (χ1n) is 8.36. The van der Waals surface area contributed by atoms with Crippen molar-refractivity contribution >= 4 is 22.3 Å². The molecule has 0 saturated carbocycles. The van der Waals surface area contributed by atoms with Crippen molar-refractivity contribution in [1.82, 2.24) is 4.98 Å². The van der Waals surface area contributed by atoms with Crippen molar-refractivity contribution in [3.05, 3.63) is 92.5 Å². The van der Waals surface area contributed by atoms with Crippen LogP contribution in [-0.4, -0.2) is 18.0 Å². The van der Waals surface area contributed by atoms with E-state index in [4.69, 9.17) is 0 Å². The standard InChI is InChI=1S/C21H15NO3S.Na/c23-26(24,25)21-20-12-19-11-17-8-14-4-2-1-3-13(14)7-16(17)10-18(19)9-15(20)5-6-22-21;/h1-7,10-12H,8-9H2,(H,23,24,25);/q;+1/p-1. The number of aromatic nitrogens is 1. The Hall–Kier alpha value is -1.76. The molecule has 0 atom stereocenters. The molecule has 0 N–H and O–H groups in total. The molecule has 5 rings (SSSR count). The van der Waals surface area contributed by atoms with Gasteiger partial charge in [0.25, 0.3) is 0 Å². The molecule has 2 aromatic carbocycles. The van der Waals surface area contributed by atoms with E-state index in [0.717, 1.165) is 22.8 Å². The Morgan fingerprint density at radius 3 is 2.26 bits per heavy atom. The number of benzene rings is 2. The third kappa shape index (κ3) is 3.20. The summed E-state index contributed by atoms with van der Waals surface area (Å²) in [5.41, 5.74) is 6.10. The summed E-state index contributed by atoms with van der Waals surface area (Å²) >= 11 is 0. The maximum absolute atomic E-state index is 11.5. The molecular weight excluding hydrogens is 369 g/mol. The zero-order chi connectivity index (χ0) is 17.9. The Kier molecular flexibility index (Phi) is 4.61. The van der Waals surface area contributed by atoms with E-state index in [1.165, 1.54) is 28.1 Å². The van der Waals surface area contributed by atoms with Gasteiger partial charge in [-0.05, 0) is 69.3 Å². The molecule has 0 amide bonds. The molecular formula is C21H14NNaO3S. The van der Waals surface area contributed by atoms with Crippen LogP contribution in [0.2, 0.25) is 0 Å². The molecule has 0 bridgehead atoms. The Balaban J connectivity index is 0.00000180. The van der Waals surface area contributed by atoms with Crippen LogP contribution in [-0.2, 0) is 23.0 Å². The van der Waals surface area contributed by atoms with Gasteiger partial charge in [-0.2, -0.15) is 0 Å². The van der Waals surface area contributed by atoms with Crippen LogP contribution in [0.5, 0.6) is 0 Å². The first-order chi connectivity index (χ1) is 12.5. The molecule has 27 heavy (non-hydrogen) atoms. The monoisotopic (exact) mass is 383 g/mol. The molecule has 3 aromatic rings. The molecule has 1 aromatic heterocycles. The van der Waals surface area contributed by atoms with E-state index >= 15 is 0 Å². The van der Waals surface area contributed by atoms with Crippen molar-refractivity contribution in [1.29, 1.82) is 0 Å². The molecule has 2 aliphatic carbocycles. The van der Waals surface area contributed by atoms with Crippen LogP contribution >= 0.6 is 0 Å². The van der Waals surface area contributed by atoms with E-state index in [-0.39, 0.29) is 34.6 Å². The van der Waals surface area contributed by atoms with Crippen molar-refractivity contribution in [2.45, 2.75) is 17.9 Å². The molecule has 128 valence electrons. The number of nitrogens with zero attached hydrogens (tertiary/aromatic N) is 1. The fourth-order valence-electron chi connectivity index (χ4n) is 3.87. The third-order valence-corrected chi connectivity index (χ3v) is 5.91. The van der Waals surface area contributed by atoms with Gasteiger partial charge in [0.2, 0.25) is 0 Å². The van der Waals surface area contributed by atoms with Gasteiger partial charge in [0.05, 0.1) is 0 Å². The fraction of sp³-hybridized carbons (Fsp3) is 0.0952. The second kappa shape index (κ2) is 6.69. The van der Waals surface area contributed by atoms with Gasteiger partial charge < -0.3 is 4.55 Å². The van der Waals surface area contributed by atoms with Crippen molar-refractivity contribution in [3.63, 3.8) is 0 Å². The van der Waals surface area contributed by atoms with Gasteiger partial charge in [-0.3, -0.25) is 0 Å². The second-order valence-electron chi connectivity index (χ2n) is 6.73. The average Bonchev–Trinajstić information content (AvgIpc) is 2.61. The summed E-state index contributed by atoms with van der Waals surface area (Å²) in [6, 6.07) is 14.4. The second-order valence-corrected chi connectivity index (χ2v) is 8.03. The SMILES string of the molecule is O=S(=O)([O-])c1nccc2c1C=c1cc3c(cc1C2)=Cc1ccccc1C3.[Na+]. The van der Waals surface area contributed by atoms with Crippen LogP contribution in [0.15, 0.2) is 53.7 Å². The van der Waals surface area contributed by atoms with Gasteiger partial charge >= 0.3 is 29.6 Å². The Morgan fingerprint density at radius 2 is 1.52 bits per heavy atom. The van der Waals surface area contributed by atoms with Crippen molar-refractivity contribution in [2.24, 2.45) is 0 Å². The summed E-state index contributed by atoms with van der Waals surface area (Å²) < 4.78 is 34.6. The van der Waals surface area contributed by atoms with Gasteiger partial charge in [-0.15, -0.1) is 0 Å². The van der Waals surface area contributed by atoms with Gasteiger partial charge in [0, 0.05) is 11.8 Å².